The number of rotatable bonds is 33. The molecule has 2 atom stereocenters. The standard InChI is InChI=1S/C40H39NO4.C23H30NO4.C22H29NO4.C20H22NO2.C19H19NO2/c1-41(26-29-13-7-4-8-14-29)22-21-33-24-38(45-28-31-17-11-6-12-18-31)40(43-3)39-34(33)20-19-32-23-37(36(42-2)25-35(32)39)44-27-30-15-9-5-10-16-30;1-24(2,3)11-10-16-13-21(27-6)23(28-7)22-17(16)9-8-15-12-19(25-4)20(26-5)14-18(15)22;1-23(2)10-9-15-12-20(26-5)22(27-6)21-16(15)8-7-14-11-18(24-3)19(25-4)13-17(14)21;1-21(2,3)11-10-15-12-18-20(23-13-22-18)19-16-7-5-4-6-14(16)8-9-17(15)19;1-20(2)10-9-14-11-17-19(22-12-21-17)18-15-6-4-3-5-13(15)7-8-16(14)18/h4-20,23-25H,21-22,26-28H2,1-3H3;8-9,12-14H,10-11H2,1-7H3;7-8,11-13,18-19H,9-10H2,1-6H3;4-9,12H,10-11,13H2,1-3H3;3-8,11H,9-10,12H2,1-2H3/q;+1;;+1;. The Balaban J connectivity index is 0.000000134. The van der Waals surface area contributed by atoms with E-state index in [9.17, 15) is 0 Å². The van der Waals surface area contributed by atoms with Crippen LogP contribution < -0.4 is 76.8 Å². The normalized spacial score (nSPS) is 13.5. The fourth-order valence-corrected chi connectivity index (χ4v) is 19.6. The van der Waals surface area contributed by atoms with Gasteiger partial charge in [-0.3, -0.25) is 0 Å². The van der Waals surface area contributed by atoms with E-state index in [1.54, 1.807) is 71.1 Å². The molecule has 1 aliphatic carbocycles. The van der Waals surface area contributed by atoms with Gasteiger partial charge in [0.05, 0.1) is 112 Å². The van der Waals surface area contributed by atoms with Crippen LogP contribution in [0.25, 0.3) is 109 Å². The molecule has 21 heteroatoms. The molecule has 0 bridgehead atoms. The third kappa shape index (κ3) is 23.9. The molecule has 145 heavy (non-hydrogen) atoms. The number of ether oxygens (including phenoxy) is 16. The van der Waals surface area contributed by atoms with Gasteiger partial charge in [0.25, 0.3) is 0 Å². The van der Waals surface area contributed by atoms with Gasteiger partial charge in [0, 0.05) is 80.2 Å². The van der Waals surface area contributed by atoms with Crippen LogP contribution in [0.1, 0.15) is 44.5 Å². The summed E-state index contributed by atoms with van der Waals surface area (Å²) in [6.07, 6.45) is 8.74. The predicted molar refractivity (Wildman–Crippen MR) is 590 cm³/mol. The first-order valence-corrected chi connectivity index (χ1v) is 49.5. The van der Waals surface area contributed by atoms with Crippen LogP contribution in [0, 0.1) is 0 Å². The molecule has 2 unspecified atom stereocenters. The van der Waals surface area contributed by atoms with Crippen molar-refractivity contribution < 1.29 is 84.8 Å². The molecule has 0 radical (unpaired) electrons. The molecule has 0 amide bonds. The highest BCUT2D eigenvalue weighted by molar-refractivity contribution is 6.17. The lowest BCUT2D eigenvalue weighted by Gasteiger charge is -2.25. The molecule has 0 aromatic heterocycles. The van der Waals surface area contributed by atoms with E-state index in [0.29, 0.717) is 55.5 Å². The minimum absolute atomic E-state index is 0.107. The van der Waals surface area contributed by atoms with Gasteiger partial charge in [-0.15, -0.1) is 0 Å². The van der Waals surface area contributed by atoms with Gasteiger partial charge in [-0.25, -0.2) is 0 Å². The summed E-state index contributed by atoms with van der Waals surface area (Å²) in [4.78, 5) is 6.75. The van der Waals surface area contributed by atoms with Crippen LogP contribution in [0.4, 0.5) is 0 Å². The van der Waals surface area contributed by atoms with E-state index in [1.807, 2.05) is 48.5 Å². The first-order chi connectivity index (χ1) is 70.2. The Morgan fingerprint density at radius 1 is 0.290 bits per heavy atom. The molecule has 3 aliphatic rings. The summed E-state index contributed by atoms with van der Waals surface area (Å²) in [5.41, 5.74) is 9.86. The monoisotopic (exact) mass is 1950 g/mol. The zero-order valence-electron chi connectivity index (χ0n) is 87.9. The lowest BCUT2D eigenvalue weighted by atomic mass is 9.94. The summed E-state index contributed by atoms with van der Waals surface area (Å²) in [5, 5.41) is 22.9. The van der Waals surface area contributed by atoms with Crippen molar-refractivity contribution in [3.8, 4) is 80.5 Å². The van der Waals surface area contributed by atoms with Gasteiger partial charge in [-0.2, -0.15) is 0 Å². The van der Waals surface area contributed by atoms with Crippen molar-refractivity contribution in [2.45, 2.75) is 64.1 Å². The predicted octanol–water partition coefficient (Wildman–Crippen LogP) is 22.5. The maximum Gasteiger partial charge on any atom is 0.231 e. The molecule has 0 fully saturated rings. The molecule has 17 aromatic rings. The third-order valence-electron chi connectivity index (χ3n) is 27.2. The molecular formula is C124H139N5O16+2. The van der Waals surface area contributed by atoms with E-state index < -0.39 is 0 Å². The minimum atomic E-state index is -0.144. The van der Waals surface area contributed by atoms with Crippen LogP contribution in [0.2, 0.25) is 0 Å². The van der Waals surface area contributed by atoms with E-state index >= 15 is 0 Å². The van der Waals surface area contributed by atoms with E-state index in [0.717, 1.165) is 197 Å². The van der Waals surface area contributed by atoms with Crippen LogP contribution in [0.15, 0.2) is 255 Å². The van der Waals surface area contributed by atoms with Crippen LogP contribution >= 0.6 is 0 Å². The summed E-state index contributed by atoms with van der Waals surface area (Å²) in [7, 11) is 40.7. The number of likely N-dealkylation sites (N-methyl/N-ethyl adjacent to an activating group) is 5. The van der Waals surface area contributed by atoms with Gasteiger partial charge in [-0.1, -0.05) is 200 Å². The number of quaternary nitrogens is 2. The lowest BCUT2D eigenvalue weighted by molar-refractivity contribution is -0.870. The SMILES string of the molecule is CN(C)CCc1cc2c(c3c1ccc1ccccc13)OCO2.COc1cc(CCN(C)C)c2ccc3c(c2c1OC)=CC(OC)C(OC)C=3.COc1cc2c(ccc3c(CCN(C)Cc4ccccc4)cc(OCc4ccccc4)c(OC)c32)cc1OCc1ccccc1.COc1cc2ccc3c(CC[N+](C)(C)C)cc(OC)c(OC)c3c2cc1OC.C[N+](C)(C)CCc1cc2c(c3c1ccc1ccccc13)OCO2. The zero-order chi connectivity index (χ0) is 102. The van der Waals surface area contributed by atoms with E-state index in [-0.39, 0.29) is 12.2 Å². The maximum absolute atomic E-state index is 6.49. The van der Waals surface area contributed by atoms with Gasteiger partial charge in [0.2, 0.25) is 13.6 Å². The largest absolute Gasteiger partial charge is 0.493 e. The Morgan fingerprint density at radius 3 is 1.10 bits per heavy atom. The highest BCUT2D eigenvalue weighted by Gasteiger charge is 2.29. The maximum atomic E-state index is 6.49. The van der Waals surface area contributed by atoms with Crippen LogP contribution in [0.5, 0.6) is 80.5 Å². The fraction of sp³-hybridized carbons (Fsp3) is 0.306. The summed E-state index contributed by atoms with van der Waals surface area (Å²) in [6.45, 7) is 7.39. The summed E-state index contributed by atoms with van der Waals surface area (Å²) < 4.78 is 94.6. The molecule has 21 nitrogen and oxygen atoms in total. The van der Waals surface area contributed by atoms with Crippen molar-refractivity contribution in [3.05, 3.63) is 310 Å². The minimum Gasteiger partial charge on any atom is -0.493 e. The van der Waals surface area contributed by atoms with Crippen molar-refractivity contribution in [2.24, 2.45) is 0 Å². The van der Waals surface area contributed by atoms with Crippen LogP contribution in [-0.4, -0.2) is 231 Å². The Bertz CT molecular complexity index is 7580. The van der Waals surface area contributed by atoms with Crippen molar-refractivity contribution in [2.75, 3.05) is 195 Å². The van der Waals surface area contributed by atoms with Gasteiger partial charge >= 0.3 is 0 Å². The van der Waals surface area contributed by atoms with Crippen molar-refractivity contribution >= 4 is 109 Å². The molecule has 0 spiro atoms. The summed E-state index contributed by atoms with van der Waals surface area (Å²) >= 11 is 0. The molecular weight excluding hydrogens is 1820 g/mol. The molecule has 0 saturated heterocycles. The average Bonchev–Trinajstić information content (AvgIpc) is 1.42. The highest BCUT2D eigenvalue weighted by atomic mass is 16.7. The molecule has 17 aromatic carbocycles. The van der Waals surface area contributed by atoms with Crippen LogP contribution in [-0.2, 0) is 61.3 Å². The lowest BCUT2D eigenvalue weighted by Crippen LogP contribution is -2.40. The number of nitrogens with zero attached hydrogens (tertiary/aromatic N) is 5. The van der Waals surface area contributed by atoms with Gasteiger partial charge in [0.15, 0.2) is 80.5 Å². The van der Waals surface area contributed by atoms with Gasteiger partial charge < -0.3 is 99.5 Å². The van der Waals surface area contributed by atoms with Gasteiger partial charge in [-0.05, 0) is 246 Å². The zero-order valence-corrected chi connectivity index (χ0v) is 87.9. The quantitative estimate of drug-likeness (QED) is 0.0282. The second-order valence-corrected chi connectivity index (χ2v) is 39.6. The molecule has 754 valence electrons. The third-order valence-corrected chi connectivity index (χ3v) is 27.2. The second kappa shape index (κ2) is 47.1. The first-order valence-electron chi connectivity index (χ1n) is 49.5. The summed E-state index contributed by atoms with van der Waals surface area (Å²) in [6, 6.07) is 88.5. The molecule has 2 heterocycles. The molecule has 20 rings (SSSR count). The Morgan fingerprint density at radius 2 is 0.648 bits per heavy atom. The van der Waals surface area contributed by atoms with E-state index in [1.165, 1.54) is 87.2 Å². The van der Waals surface area contributed by atoms with E-state index in [2.05, 4.69) is 311 Å². The second-order valence-electron chi connectivity index (χ2n) is 39.6. The molecule has 0 saturated carbocycles. The molecule has 0 N–H and O–H groups in total. The Kier molecular flexibility index (Phi) is 33.6. The number of hydrogen-bond donors (Lipinski definition) is 0. The number of hydrogen-bond acceptors (Lipinski definition) is 19. The number of methoxy groups -OCH3 is 10. The first kappa shape index (κ1) is 104. The van der Waals surface area contributed by atoms with Crippen molar-refractivity contribution in [1.29, 1.82) is 0 Å². The average molecular weight is 1960 g/mol. The number of benzene rings is 17. The van der Waals surface area contributed by atoms with Crippen molar-refractivity contribution in [3.63, 3.8) is 0 Å². The van der Waals surface area contributed by atoms with Crippen LogP contribution in [0.3, 0.4) is 0 Å². The highest BCUT2D eigenvalue weighted by Crippen LogP contribution is 2.51. The summed E-state index contributed by atoms with van der Waals surface area (Å²) in [5.74, 6) is 10.8. The Hall–Kier alpha value is -14.3. The fourth-order valence-electron chi connectivity index (χ4n) is 19.6. The van der Waals surface area contributed by atoms with Gasteiger partial charge in [0.1, 0.15) is 25.4 Å². The van der Waals surface area contributed by atoms with E-state index in [4.69, 9.17) is 75.8 Å². The Labute approximate surface area is 852 Å². The smallest absolute Gasteiger partial charge is 0.231 e. The van der Waals surface area contributed by atoms with Crippen molar-refractivity contribution in [1.82, 2.24) is 14.7 Å². The topological polar surface area (TPSA) is 157 Å². The number of fused-ring (bicyclic) bond motifs is 19. The molecule has 2 aliphatic heterocycles.